The van der Waals surface area contributed by atoms with E-state index in [1.54, 1.807) is 0 Å². The molecule has 0 aromatic heterocycles. The van der Waals surface area contributed by atoms with Crippen LogP contribution in [0.1, 0.15) is 49.4 Å². The number of hydrogen-bond donors (Lipinski definition) is 1. The van der Waals surface area contributed by atoms with Crippen LogP contribution in [-0.4, -0.2) is 0 Å². The predicted octanol–water partition coefficient (Wildman–Crippen LogP) is 5.58. The number of benzene rings is 1. The first kappa shape index (κ1) is 21.0. The van der Waals surface area contributed by atoms with Crippen LogP contribution in [-0.2, 0) is 12.4 Å². The lowest BCUT2D eigenvalue weighted by atomic mass is 9.95. The van der Waals surface area contributed by atoms with E-state index in [9.17, 15) is 26.3 Å². The van der Waals surface area contributed by atoms with Crippen LogP contribution in [0.3, 0.4) is 0 Å². The zero-order chi connectivity index (χ0) is 16.4. The summed E-state index contributed by atoms with van der Waals surface area (Å²) in [6.07, 6.45) is -8.73. The fraction of sp³-hybridized carbons (Fsp3) is 0.571. The third kappa shape index (κ3) is 6.04. The van der Waals surface area contributed by atoms with Crippen molar-refractivity contribution in [1.82, 2.24) is 0 Å². The zero-order valence-electron chi connectivity index (χ0n) is 12.1. The van der Waals surface area contributed by atoms with Gasteiger partial charge in [-0.2, -0.15) is 26.3 Å². The summed E-state index contributed by atoms with van der Waals surface area (Å²) in [7, 11) is 0. The quantitative estimate of drug-likeness (QED) is 0.705. The van der Waals surface area contributed by atoms with E-state index in [-0.39, 0.29) is 30.0 Å². The largest absolute Gasteiger partial charge is 0.416 e. The maximum absolute atomic E-state index is 12.7. The van der Waals surface area contributed by atoms with Crippen LogP contribution >= 0.6 is 12.4 Å². The van der Waals surface area contributed by atoms with Crippen molar-refractivity contribution in [3.8, 4) is 0 Å². The van der Waals surface area contributed by atoms with E-state index in [0.717, 1.165) is 0 Å². The normalized spacial score (nSPS) is 13.9. The number of hydrogen-bond acceptors (Lipinski definition) is 1. The van der Waals surface area contributed by atoms with Gasteiger partial charge in [0.05, 0.1) is 11.1 Å². The Hall–Kier alpha value is -0.950. The van der Waals surface area contributed by atoms with Gasteiger partial charge in [0.15, 0.2) is 0 Å². The summed E-state index contributed by atoms with van der Waals surface area (Å²) in [4.78, 5) is 0. The summed E-state index contributed by atoms with van der Waals surface area (Å²) in [5.41, 5.74) is 2.94. The highest BCUT2D eigenvalue weighted by molar-refractivity contribution is 5.85. The second-order valence-corrected chi connectivity index (χ2v) is 5.42. The minimum Gasteiger partial charge on any atom is -0.324 e. The first-order valence-corrected chi connectivity index (χ1v) is 6.46. The summed E-state index contributed by atoms with van der Waals surface area (Å²) in [5.74, 6) is 0.268. The monoisotopic (exact) mass is 349 g/mol. The Morgan fingerprint density at radius 2 is 1.27 bits per heavy atom. The van der Waals surface area contributed by atoms with Crippen molar-refractivity contribution in [2.75, 3.05) is 0 Å². The zero-order valence-corrected chi connectivity index (χ0v) is 12.9. The maximum Gasteiger partial charge on any atom is 0.416 e. The molecule has 0 aliphatic heterocycles. The molecule has 0 saturated heterocycles. The molecule has 2 N–H and O–H groups in total. The van der Waals surface area contributed by atoms with Crippen LogP contribution in [0.15, 0.2) is 18.2 Å². The molecule has 0 heterocycles. The molecule has 0 amide bonds. The van der Waals surface area contributed by atoms with Gasteiger partial charge in [0.1, 0.15) is 0 Å². The second kappa shape index (κ2) is 7.55. The van der Waals surface area contributed by atoms with E-state index in [0.29, 0.717) is 25.0 Å². The van der Waals surface area contributed by atoms with Gasteiger partial charge in [0.2, 0.25) is 0 Å². The SMILES string of the molecule is CC(C)CC[C@@H](N)c1cc(C(F)(F)F)cc(C(F)(F)F)c1.Cl. The first-order chi connectivity index (χ1) is 9.41. The van der Waals surface area contributed by atoms with Gasteiger partial charge in [-0.3, -0.25) is 0 Å². The van der Waals surface area contributed by atoms with Gasteiger partial charge in [0, 0.05) is 6.04 Å². The molecule has 0 aliphatic carbocycles. The Morgan fingerprint density at radius 1 is 0.864 bits per heavy atom. The van der Waals surface area contributed by atoms with Crippen molar-refractivity contribution in [2.45, 2.75) is 45.1 Å². The predicted molar refractivity (Wildman–Crippen MR) is 74.7 cm³/mol. The highest BCUT2D eigenvalue weighted by atomic mass is 35.5. The highest BCUT2D eigenvalue weighted by Crippen LogP contribution is 2.37. The van der Waals surface area contributed by atoms with E-state index in [1.165, 1.54) is 0 Å². The lowest BCUT2D eigenvalue weighted by Crippen LogP contribution is -2.16. The van der Waals surface area contributed by atoms with E-state index in [1.807, 2.05) is 13.8 Å². The van der Waals surface area contributed by atoms with Gasteiger partial charge < -0.3 is 5.73 Å². The van der Waals surface area contributed by atoms with Crippen molar-refractivity contribution in [3.63, 3.8) is 0 Å². The fourth-order valence-corrected chi connectivity index (χ4v) is 1.87. The highest BCUT2D eigenvalue weighted by Gasteiger charge is 2.37. The van der Waals surface area contributed by atoms with Gasteiger partial charge in [0.25, 0.3) is 0 Å². The van der Waals surface area contributed by atoms with Crippen LogP contribution in [0.2, 0.25) is 0 Å². The molecule has 0 spiro atoms. The number of nitrogens with two attached hydrogens (primary N) is 1. The second-order valence-electron chi connectivity index (χ2n) is 5.42. The lowest BCUT2D eigenvalue weighted by Gasteiger charge is -2.18. The number of halogens is 7. The first-order valence-electron chi connectivity index (χ1n) is 6.46. The summed E-state index contributed by atoms with van der Waals surface area (Å²) in [6, 6.07) is 0.648. The lowest BCUT2D eigenvalue weighted by molar-refractivity contribution is -0.143. The standard InChI is InChI=1S/C14H17F6N.ClH/c1-8(2)3-4-12(21)9-5-10(13(15,16)17)7-11(6-9)14(18,19)20;/h5-8,12H,3-4,21H2,1-2H3;1H/t12-;/m1./s1. The topological polar surface area (TPSA) is 26.0 Å². The van der Waals surface area contributed by atoms with Gasteiger partial charge in [-0.05, 0) is 42.5 Å². The molecule has 1 nitrogen and oxygen atoms in total. The van der Waals surface area contributed by atoms with Crippen LogP contribution in [0, 0.1) is 5.92 Å². The summed E-state index contributed by atoms with van der Waals surface area (Å²) >= 11 is 0. The molecular formula is C14H18ClF6N. The summed E-state index contributed by atoms with van der Waals surface area (Å²) in [6.45, 7) is 3.81. The van der Waals surface area contributed by atoms with Crippen LogP contribution < -0.4 is 5.73 Å². The molecule has 0 aliphatic rings. The molecular weight excluding hydrogens is 332 g/mol. The Kier molecular flexibility index (Phi) is 7.22. The molecule has 1 aromatic rings. The minimum absolute atomic E-state index is 0. The smallest absolute Gasteiger partial charge is 0.324 e. The van der Waals surface area contributed by atoms with E-state index in [2.05, 4.69) is 0 Å². The Balaban J connectivity index is 0.00000441. The average molecular weight is 350 g/mol. The Morgan fingerprint density at radius 3 is 1.59 bits per heavy atom. The molecule has 0 saturated carbocycles. The van der Waals surface area contributed by atoms with Crippen molar-refractivity contribution in [1.29, 1.82) is 0 Å². The third-order valence-electron chi connectivity index (χ3n) is 3.09. The van der Waals surface area contributed by atoms with Crippen molar-refractivity contribution in [3.05, 3.63) is 34.9 Å². The molecule has 0 unspecified atom stereocenters. The van der Waals surface area contributed by atoms with Crippen LogP contribution in [0.5, 0.6) is 0 Å². The molecule has 22 heavy (non-hydrogen) atoms. The van der Waals surface area contributed by atoms with Crippen LogP contribution in [0.4, 0.5) is 26.3 Å². The number of alkyl halides is 6. The van der Waals surface area contributed by atoms with Gasteiger partial charge in [-0.15, -0.1) is 12.4 Å². The molecule has 8 heteroatoms. The van der Waals surface area contributed by atoms with Crippen molar-refractivity contribution >= 4 is 12.4 Å². The molecule has 1 aromatic carbocycles. The fourth-order valence-electron chi connectivity index (χ4n) is 1.87. The molecule has 0 bridgehead atoms. The summed E-state index contributed by atoms with van der Waals surface area (Å²) < 4.78 is 76.2. The van der Waals surface area contributed by atoms with Gasteiger partial charge in [-0.25, -0.2) is 0 Å². The third-order valence-corrected chi connectivity index (χ3v) is 3.09. The Labute approximate surface area is 131 Å². The van der Waals surface area contributed by atoms with E-state index < -0.39 is 29.5 Å². The molecule has 0 radical (unpaired) electrons. The molecule has 0 fully saturated rings. The number of rotatable bonds is 4. The molecule has 1 rings (SSSR count). The van der Waals surface area contributed by atoms with Crippen molar-refractivity contribution in [2.24, 2.45) is 11.7 Å². The molecule has 1 atom stereocenters. The Bertz CT molecular complexity index is 449. The van der Waals surface area contributed by atoms with Crippen LogP contribution in [0.25, 0.3) is 0 Å². The van der Waals surface area contributed by atoms with Gasteiger partial charge >= 0.3 is 12.4 Å². The maximum atomic E-state index is 12.7. The van der Waals surface area contributed by atoms with Gasteiger partial charge in [-0.1, -0.05) is 13.8 Å². The minimum atomic E-state index is -4.84. The molecule has 128 valence electrons. The summed E-state index contributed by atoms with van der Waals surface area (Å²) in [5, 5.41) is 0. The van der Waals surface area contributed by atoms with E-state index in [4.69, 9.17) is 5.73 Å². The van der Waals surface area contributed by atoms with Crippen molar-refractivity contribution < 1.29 is 26.3 Å². The average Bonchev–Trinajstić information content (AvgIpc) is 2.33. The van der Waals surface area contributed by atoms with E-state index >= 15 is 0 Å².